The molecule has 0 saturated heterocycles. The first kappa shape index (κ1) is 15.0. The fourth-order valence-electron chi connectivity index (χ4n) is 2.47. The molecule has 0 spiro atoms. The number of hydrazine groups is 1. The van der Waals surface area contributed by atoms with Crippen molar-refractivity contribution < 1.29 is 9.21 Å². The molecule has 23 heavy (non-hydrogen) atoms. The molecule has 0 amide bonds. The highest BCUT2D eigenvalue weighted by atomic mass is 16.3. The Balaban J connectivity index is 1.96. The number of hydrogen-bond acceptors (Lipinski definition) is 4. The van der Waals surface area contributed by atoms with Gasteiger partial charge in [0, 0.05) is 19.4 Å². The van der Waals surface area contributed by atoms with Gasteiger partial charge in [-0.05, 0) is 35.4 Å². The number of Topliss-reactive ketones (excluding diaryl/α,β-unsaturated/α-hetero) is 1. The van der Waals surface area contributed by atoms with Crippen molar-refractivity contribution in [1.82, 2.24) is 5.43 Å². The molecule has 0 atom stereocenters. The van der Waals surface area contributed by atoms with Gasteiger partial charge in [0.25, 0.3) is 0 Å². The monoisotopic (exact) mass is 307 g/mol. The zero-order chi connectivity index (χ0) is 16.4. The van der Waals surface area contributed by atoms with E-state index in [0.29, 0.717) is 11.3 Å². The lowest BCUT2D eigenvalue weighted by Gasteiger charge is -2.17. The molecule has 0 fully saturated rings. The fourth-order valence-corrected chi connectivity index (χ4v) is 2.47. The van der Waals surface area contributed by atoms with Crippen molar-refractivity contribution >= 4 is 28.8 Å². The molecule has 5 heteroatoms. The molecule has 3 rings (SSSR count). The molecule has 1 aromatic heterocycles. The molecule has 0 unspecified atom stereocenters. The molecular formula is C18H17N3O2. The number of nitrogens with one attached hydrogen (secondary N) is 2. The largest absolute Gasteiger partial charge is 0.453 e. The summed E-state index contributed by atoms with van der Waals surface area (Å²) < 4.78 is 5.59. The van der Waals surface area contributed by atoms with Gasteiger partial charge < -0.3 is 4.42 Å². The van der Waals surface area contributed by atoms with Crippen LogP contribution >= 0.6 is 0 Å². The maximum atomic E-state index is 11.4. The highest BCUT2D eigenvalue weighted by molar-refractivity contribution is 5.96. The van der Waals surface area contributed by atoms with Gasteiger partial charge in [0.2, 0.25) is 0 Å². The van der Waals surface area contributed by atoms with Gasteiger partial charge in [-0.15, -0.1) is 0 Å². The van der Waals surface area contributed by atoms with Crippen LogP contribution in [0.3, 0.4) is 0 Å². The molecule has 0 aliphatic rings. The Bertz CT molecular complexity index is 866. The highest BCUT2D eigenvalue weighted by Gasteiger charge is 2.09. The molecule has 1 heterocycles. The molecule has 2 aromatic carbocycles. The second kappa shape index (κ2) is 6.06. The van der Waals surface area contributed by atoms with Crippen molar-refractivity contribution in [2.24, 2.45) is 0 Å². The maximum absolute atomic E-state index is 11.4. The van der Waals surface area contributed by atoms with Crippen LogP contribution in [-0.4, -0.2) is 19.2 Å². The summed E-state index contributed by atoms with van der Waals surface area (Å²) in [4.78, 5) is 11.4. The maximum Gasteiger partial charge on any atom is 0.194 e. The molecule has 0 aliphatic carbocycles. The van der Waals surface area contributed by atoms with Gasteiger partial charge in [-0.1, -0.05) is 24.3 Å². The minimum absolute atomic E-state index is 0.0779. The first-order valence-corrected chi connectivity index (χ1v) is 7.24. The molecular weight excluding hydrogens is 290 g/mol. The van der Waals surface area contributed by atoms with E-state index in [1.54, 1.807) is 18.1 Å². The van der Waals surface area contributed by atoms with Crippen LogP contribution in [0.2, 0.25) is 0 Å². The van der Waals surface area contributed by atoms with Gasteiger partial charge in [-0.25, -0.2) is 5.43 Å². The van der Waals surface area contributed by atoms with Crippen LogP contribution in [0.1, 0.15) is 17.5 Å². The number of rotatable bonds is 5. The summed E-state index contributed by atoms with van der Waals surface area (Å²) in [6.45, 7) is 1.49. The molecule has 5 nitrogen and oxygen atoms in total. The van der Waals surface area contributed by atoms with Crippen molar-refractivity contribution in [3.63, 3.8) is 0 Å². The van der Waals surface area contributed by atoms with Crippen LogP contribution in [0.15, 0.2) is 52.9 Å². The molecule has 0 aliphatic heterocycles. The quantitative estimate of drug-likeness (QED) is 0.325. The predicted molar refractivity (Wildman–Crippen MR) is 92.0 cm³/mol. The number of benzene rings is 2. The van der Waals surface area contributed by atoms with E-state index < -0.39 is 0 Å². The summed E-state index contributed by atoms with van der Waals surface area (Å²) in [5.41, 5.74) is 6.54. The zero-order valence-corrected chi connectivity index (χ0v) is 13.0. The van der Waals surface area contributed by atoms with E-state index in [9.17, 15) is 4.79 Å². The lowest BCUT2D eigenvalue weighted by atomic mass is 10.0. The number of carbonyl (C=O) groups excluding carboxylic acids is 1. The van der Waals surface area contributed by atoms with E-state index in [-0.39, 0.29) is 5.78 Å². The lowest BCUT2D eigenvalue weighted by molar-refractivity contribution is 0.0989. The fraction of sp³-hybridized carbons (Fsp3) is 0.111. The van der Waals surface area contributed by atoms with E-state index in [2.05, 4.69) is 5.43 Å². The van der Waals surface area contributed by atoms with E-state index in [0.717, 1.165) is 22.2 Å². The summed E-state index contributed by atoms with van der Waals surface area (Å²) >= 11 is 0. The minimum atomic E-state index is -0.0779. The predicted octanol–water partition coefficient (Wildman–Crippen LogP) is 3.85. The third-order valence-corrected chi connectivity index (χ3v) is 3.72. The van der Waals surface area contributed by atoms with Crippen LogP contribution in [0.5, 0.6) is 0 Å². The van der Waals surface area contributed by atoms with Crippen molar-refractivity contribution in [2.45, 2.75) is 6.92 Å². The number of furan rings is 1. The van der Waals surface area contributed by atoms with Gasteiger partial charge in [-0.2, -0.15) is 0 Å². The van der Waals surface area contributed by atoms with Crippen molar-refractivity contribution in [3.8, 4) is 11.1 Å². The summed E-state index contributed by atoms with van der Waals surface area (Å²) in [6.07, 6.45) is 1.22. The van der Waals surface area contributed by atoms with Crippen LogP contribution in [0.25, 0.3) is 22.1 Å². The first-order chi connectivity index (χ1) is 11.1. The number of ketones is 1. The Labute approximate surface area is 134 Å². The number of nitrogens with zero attached hydrogens (tertiary/aromatic N) is 1. The third-order valence-electron chi connectivity index (χ3n) is 3.72. The van der Waals surface area contributed by atoms with E-state index >= 15 is 0 Å². The average molecular weight is 307 g/mol. The van der Waals surface area contributed by atoms with Gasteiger partial charge in [0.05, 0.1) is 5.69 Å². The Kier molecular flexibility index (Phi) is 3.95. The van der Waals surface area contributed by atoms with E-state index in [1.165, 1.54) is 13.3 Å². The Morgan fingerprint density at radius 3 is 2.43 bits per heavy atom. The second-order valence-corrected chi connectivity index (χ2v) is 5.19. The Hall–Kier alpha value is -2.92. The summed E-state index contributed by atoms with van der Waals surface area (Å²) in [5, 5.41) is 9.87. The van der Waals surface area contributed by atoms with E-state index in [1.807, 2.05) is 42.5 Å². The molecule has 0 radical (unpaired) electrons. The standard InChI is InChI=1S/C18H17N3O2/c1-12(22)17-10-15-4-3-14(9-18(15)23-17)13-5-7-16(8-6-13)21(11-19)20-2/h3-11,19-20H,1-2H3. The molecule has 0 saturated carbocycles. The first-order valence-electron chi connectivity index (χ1n) is 7.24. The van der Waals surface area contributed by atoms with Crippen molar-refractivity contribution in [3.05, 3.63) is 54.3 Å². The number of carbonyl (C=O) groups is 1. The van der Waals surface area contributed by atoms with Gasteiger partial charge in [0.1, 0.15) is 11.9 Å². The van der Waals surface area contributed by atoms with Crippen LogP contribution in [0, 0.1) is 5.41 Å². The average Bonchev–Trinajstić information content (AvgIpc) is 3.00. The van der Waals surface area contributed by atoms with Crippen LogP contribution < -0.4 is 10.4 Å². The number of anilines is 1. The molecule has 116 valence electrons. The van der Waals surface area contributed by atoms with Crippen LogP contribution in [0.4, 0.5) is 5.69 Å². The molecule has 3 aromatic rings. The normalized spacial score (nSPS) is 10.7. The summed E-state index contributed by atoms with van der Waals surface area (Å²) in [5.74, 6) is 0.300. The SMILES string of the molecule is CNN(C=N)c1ccc(-c2ccc3cc(C(C)=O)oc3c2)cc1. The van der Waals surface area contributed by atoms with Gasteiger partial charge in [0.15, 0.2) is 11.5 Å². The van der Waals surface area contributed by atoms with Gasteiger partial charge >= 0.3 is 0 Å². The molecule has 0 bridgehead atoms. The summed E-state index contributed by atoms with van der Waals surface area (Å²) in [7, 11) is 1.76. The summed E-state index contributed by atoms with van der Waals surface area (Å²) in [6, 6.07) is 15.5. The van der Waals surface area contributed by atoms with Gasteiger partial charge in [-0.3, -0.25) is 15.2 Å². The smallest absolute Gasteiger partial charge is 0.194 e. The minimum Gasteiger partial charge on any atom is -0.453 e. The highest BCUT2D eigenvalue weighted by Crippen LogP contribution is 2.28. The molecule has 2 N–H and O–H groups in total. The Morgan fingerprint density at radius 1 is 1.13 bits per heavy atom. The third kappa shape index (κ3) is 2.86. The zero-order valence-electron chi connectivity index (χ0n) is 13.0. The van der Waals surface area contributed by atoms with E-state index in [4.69, 9.17) is 9.83 Å². The van der Waals surface area contributed by atoms with Crippen molar-refractivity contribution in [1.29, 1.82) is 5.41 Å². The lowest BCUT2D eigenvalue weighted by Crippen LogP contribution is -2.32. The number of hydrogen-bond donors (Lipinski definition) is 2. The second-order valence-electron chi connectivity index (χ2n) is 5.19. The Morgan fingerprint density at radius 2 is 1.83 bits per heavy atom. The topological polar surface area (TPSA) is 69.3 Å². The number of fused-ring (bicyclic) bond motifs is 1. The van der Waals surface area contributed by atoms with Crippen LogP contribution in [-0.2, 0) is 0 Å². The van der Waals surface area contributed by atoms with Crippen molar-refractivity contribution in [2.75, 3.05) is 12.1 Å².